The van der Waals surface area contributed by atoms with Gasteiger partial charge in [-0.15, -0.1) is 10.2 Å². The zero-order valence-corrected chi connectivity index (χ0v) is 16.4. The molecule has 3 heterocycles. The van der Waals surface area contributed by atoms with E-state index in [0.29, 0.717) is 23.3 Å². The summed E-state index contributed by atoms with van der Waals surface area (Å²) in [5.74, 6) is 2.29. The standard InChI is InChI=1S/C23H18N4O3/c1-28-20-9-8-16(13-21(20)29-2)19-14-18-12-17(10-11-27(18)26-19)23-25-24-22(30-23)15-6-4-3-5-7-15/h3-14H,1-2H3. The minimum atomic E-state index is 0.463. The molecule has 0 saturated carbocycles. The van der Waals surface area contributed by atoms with Crippen molar-refractivity contribution in [3.8, 4) is 45.7 Å². The second kappa shape index (κ2) is 7.36. The number of rotatable bonds is 5. The third kappa shape index (κ3) is 3.16. The number of pyridine rings is 1. The van der Waals surface area contributed by atoms with Gasteiger partial charge < -0.3 is 13.9 Å². The lowest BCUT2D eigenvalue weighted by molar-refractivity contribution is 0.355. The summed E-state index contributed by atoms with van der Waals surface area (Å²) >= 11 is 0. The molecule has 0 aliphatic rings. The topological polar surface area (TPSA) is 74.7 Å². The van der Waals surface area contributed by atoms with Crippen LogP contribution in [-0.4, -0.2) is 34.0 Å². The van der Waals surface area contributed by atoms with Gasteiger partial charge in [0.15, 0.2) is 11.5 Å². The van der Waals surface area contributed by atoms with Crippen LogP contribution in [0.15, 0.2) is 77.3 Å². The van der Waals surface area contributed by atoms with Gasteiger partial charge in [0.2, 0.25) is 11.8 Å². The first kappa shape index (κ1) is 17.9. The highest BCUT2D eigenvalue weighted by Gasteiger charge is 2.13. The van der Waals surface area contributed by atoms with Gasteiger partial charge >= 0.3 is 0 Å². The van der Waals surface area contributed by atoms with Crippen LogP contribution in [0.2, 0.25) is 0 Å². The zero-order valence-electron chi connectivity index (χ0n) is 16.4. The second-order valence-electron chi connectivity index (χ2n) is 6.66. The Morgan fingerprint density at radius 2 is 1.50 bits per heavy atom. The van der Waals surface area contributed by atoms with Gasteiger partial charge in [0.25, 0.3) is 0 Å². The molecule has 0 aliphatic carbocycles. The molecular formula is C23H18N4O3. The fourth-order valence-electron chi connectivity index (χ4n) is 3.30. The fraction of sp³-hybridized carbons (Fsp3) is 0.0870. The fourth-order valence-corrected chi connectivity index (χ4v) is 3.30. The van der Waals surface area contributed by atoms with E-state index < -0.39 is 0 Å². The van der Waals surface area contributed by atoms with Gasteiger partial charge in [0.05, 0.1) is 25.4 Å². The van der Waals surface area contributed by atoms with Crippen molar-refractivity contribution in [2.45, 2.75) is 0 Å². The van der Waals surface area contributed by atoms with E-state index in [4.69, 9.17) is 13.9 Å². The highest BCUT2D eigenvalue weighted by Crippen LogP contribution is 2.32. The third-order valence-corrected chi connectivity index (χ3v) is 4.84. The minimum Gasteiger partial charge on any atom is -0.493 e. The van der Waals surface area contributed by atoms with E-state index in [2.05, 4.69) is 15.3 Å². The van der Waals surface area contributed by atoms with Crippen LogP contribution in [0.25, 0.3) is 39.7 Å². The molecule has 0 radical (unpaired) electrons. The summed E-state index contributed by atoms with van der Waals surface area (Å²) < 4.78 is 18.4. The highest BCUT2D eigenvalue weighted by molar-refractivity contribution is 5.71. The molecule has 0 unspecified atom stereocenters. The summed E-state index contributed by atoms with van der Waals surface area (Å²) in [6, 6.07) is 21.3. The number of nitrogens with zero attached hydrogens (tertiary/aromatic N) is 4. The van der Waals surface area contributed by atoms with Crippen LogP contribution < -0.4 is 9.47 Å². The molecule has 0 amide bonds. The predicted molar refractivity (Wildman–Crippen MR) is 112 cm³/mol. The molecule has 0 fully saturated rings. The van der Waals surface area contributed by atoms with Gasteiger partial charge in [-0.2, -0.15) is 5.10 Å². The zero-order chi connectivity index (χ0) is 20.5. The van der Waals surface area contributed by atoms with Crippen LogP contribution in [0.3, 0.4) is 0 Å². The Bertz CT molecular complexity index is 1330. The Kier molecular flexibility index (Phi) is 4.40. The van der Waals surface area contributed by atoms with Gasteiger partial charge in [-0.3, -0.25) is 0 Å². The summed E-state index contributed by atoms with van der Waals surface area (Å²) in [5, 5.41) is 13.0. The largest absolute Gasteiger partial charge is 0.493 e. The van der Waals surface area contributed by atoms with E-state index in [9.17, 15) is 0 Å². The van der Waals surface area contributed by atoms with Gasteiger partial charge in [-0.1, -0.05) is 18.2 Å². The Balaban J connectivity index is 1.50. The normalized spacial score (nSPS) is 11.0. The van der Waals surface area contributed by atoms with Crippen molar-refractivity contribution in [3.63, 3.8) is 0 Å². The third-order valence-electron chi connectivity index (χ3n) is 4.84. The van der Waals surface area contributed by atoms with E-state index in [-0.39, 0.29) is 0 Å². The monoisotopic (exact) mass is 398 g/mol. The van der Waals surface area contributed by atoms with Crippen LogP contribution in [-0.2, 0) is 0 Å². The molecule has 0 spiro atoms. The van der Waals surface area contributed by atoms with Gasteiger partial charge in [0.1, 0.15) is 0 Å². The Morgan fingerprint density at radius 3 is 2.27 bits per heavy atom. The lowest BCUT2D eigenvalue weighted by Gasteiger charge is -2.08. The van der Waals surface area contributed by atoms with E-state index in [0.717, 1.165) is 27.9 Å². The smallest absolute Gasteiger partial charge is 0.248 e. The van der Waals surface area contributed by atoms with E-state index in [1.807, 2.05) is 77.4 Å². The van der Waals surface area contributed by atoms with Gasteiger partial charge in [-0.05, 0) is 48.5 Å². The van der Waals surface area contributed by atoms with Crippen molar-refractivity contribution < 1.29 is 13.9 Å². The number of fused-ring (bicyclic) bond motifs is 1. The molecule has 0 aliphatic heterocycles. The van der Waals surface area contributed by atoms with Crippen molar-refractivity contribution in [2.75, 3.05) is 14.2 Å². The van der Waals surface area contributed by atoms with Crippen molar-refractivity contribution in [3.05, 3.63) is 72.9 Å². The van der Waals surface area contributed by atoms with Crippen LogP contribution in [0.4, 0.5) is 0 Å². The summed E-state index contributed by atoms with van der Waals surface area (Å²) in [4.78, 5) is 0. The SMILES string of the molecule is COc1ccc(-c2cc3cc(-c4nnc(-c5ccccc5)o4)ccn3n2)cc1OC. The molecule has 0 N–H and O–H groups in total. The average Bonchev–Trinajstić information content (AvgIpc) is 3.46. The van der Waals surface area contributed by atoms with Gasteiger partial charge in [0, 0.05) is 22.9 Å². The number of ether oxygens (including phenoxy) is 2. The molecule has 0 saturated heterocycles. The molecule has 0 bridgehead atoms. The lowest BCUT2D eigenvalue weighted by atomic mass is 10.1. The van der Waals surface area contributed by atoms with E-state index in [1.54, 1.807) is 14.2 Å². The van der Waals surface area contributed by atoms with Crippen molar-refractivity contribution >= 4 is 5.52 Å². The lowest BCUT2D eigenvalue weighted by Crippen LogP contribution is -1.91. The number of methoxy groups -OCH3 is 2. The number of aromatic nitrogens is 4. The first-order chi connectivity index (χ1) is 14.7. The molecule has 30 heavy (non-hydrogen) atoms. The molecule has 5 rings (SSSR count). The Morgan fingerprint density at radius 1 is 0.733 bits per heavy atom. The van der Waals surface area contributed by atoms with Crippen LogP contribution in [0, 0.1) is 0 Å². The van der Waals surface area contributed by atoms with Crippen LogP contribution in [0.5, 0.6) is 11.5 Å². The second-order valence-corrected chi connectivity index (χ2v) is 6.66. The summed E-state index contributed by atoms with van der Waals surface area (Å²) in [6.45, 7) is 0. The quantitative estimate of drug-likeness (QED) is 0.426. The maximum atomic E-state index is 5.87. The highest BCUT2D eigenvalue weighted by atomic mass is 16.5. The van der Waals surface area contributed by atoms with Gasteiger partial charge in [-0.25, -0.2) is 4.52 Å². The molecule has 0 atom stereocenters. The first-order valence-electron chi connectivity index (χ1n) is 9.36. The molecule has 7 heteroatoms. The average molecular weight is 398 g/mol. The van der Waals surface area contributed by atoms with Crippen LogP contribution >= 0.6 is 0 Å². The van der Waals surface area contributed by atoms with E-state index >= 15 is 0 Å². The predicted octanol–water partition coefficient (Wildman–Crippen LogP) is 4.74. The molecule has 5 aromatic rings. The molecule has 3 aromatic heterocycles. The molecule has 2 aromatic carbocycles. The maximum absolute atomic E-state index is 5.87. The molecule has 148 valence electrons. The van der Waals surface area contributed by atoms with Crippen molar-refractivity contribution in [1.29, 1.82) is 0 Å². The number of benzene rings is 2. The number of hydrogen-bond donors (Lipinski definition) is 0. The number of hydrogen-bond acceptors (Lipinski definition) is 6. The molecular weight excluding hydrogens is 380 g/mol. The summed E-state index contributed by atoms with van der Waals surface area (Å²) in [5.41, 5.74) is 4.38. The first-order valence-corrected chi connectivity index (χ1v) is 9.36. The Hall–Kier alpha value is -4.13. The van der Waals surface area contributed by atoms with Crippen molar-refractivity contribution in [1.82, 2.24) is 19.8 Å². The Labute approximate surface area is 172 Å². The summed E-state index contributed by atoms with van der Waals surface area (Å²) in [6.07, 6.45) is 1.88. The maximum Gasteiger partial charge on any atom is 0.248 e. The van der Waals surface area contributed by atoms with E-state index in [1.165, 1.54) is 0 Å². The summed E-state index contributed by atoms with van der Waals surface area (Å²) in [7, 11) is 3.23. The minimum absolute atomic E-state index is 0.463. The molecule has 7 nitrogen and oxygen atoms in total. The van der Waals surface area contributed by atoms with Crippen molar-refractivity contribution in [2.24, 2.45) is 0 Å². The van der Waals surface area contributed by atoms with Crippen LogP contribution in [0.1, 0.15) is 0 Å².